The Morgan fingerprint density at radius 2 is 1.91 bits per heavy atom. The van der Waals surface area contributed by atoms with Crippen LogP contribution >= 0.6 is 11.8 Å². The first-order valence-electron chi connectivity index (χ1n) is 12.3. The first-order valence-corrected chi connectivity index (χ1v) is 13.3. The van der Waals surface area contributed by atoms with Gasteiger partial charge in [-0.05, 0) is 98.6 Å². The summed E-state index contributed by atoms with van der Waals surface area (Å²) in [7, 11) is 1.37. The second-order valence-electron chi connectivity index (χ2n) is 9.92. The van der Waals surface area contributed by atoms with E-state index in [2.05, 4.69) is 17.3 Å². The first-order chi connectivity index (χ1) is 16.1. The largest absolute Gasteiger partial charge is 0.465 e. The third kappa shape index (κ3) is 4.44. The summed E-state index contributed by atoms with van der Waals surface area (Å²) in [5, 5.41) is 8.87. The topological polar surface area (TPSA) is 73.2 Å². The number of rotatable bonds is 7. The Kier molecular flexibility index (Phi) is 6.50. The van der Waals surface area contributed by atoms with Gasteiger partial charge in [0.1, 0.15) is 5.03 Å². The number of hydrogen-bond acceptors (Lipinski definition) is 5. The number of methoxy groups -OCH3 is 1. The Morgan fingerprint density at radius 1 is 1.12 bits per heavy atom. The summed E-state index contributed by atoms with van der Waals surface area (Å²) in [5.74, 6) is 3.72. The van der Waals surface area contributed by atoms with E-state index in [-0.39, 0.29) is 17.9 Å². The zero-order valence-electron chi connectivity index (χ0n) is 19.5. The maximum absolute atomic E-state index is 13.5. The Balaban J connectivity index is 1.38. The molecule has 1 heterocycles. The maximum Gasteiger partial charge on any atom is 0.337 e. The summed E-state index contributed by atoms with van der Waals surface area (Å²) in [6.07, 6.45) is 10.5. The molecule has 2 unspecified atom stereocenters. The predicted octanol–water partition coefficient (Wildman–Crippen LogP) is 5.11. The highest BCUT2D eigenvalue weighted by Gasteiger charge is 2.46. The normalized spacial score (nSPS) is 27.9. The number of ether oxygens (including phenoxy) is 1. The lowest BCUT2D eigenvalue weighted by Crippen LogP contribution is -2.41. The van der Waals surface area contributed by atoms with Gasteiger partial charge in [0.2, 0.25) is 0 Å². The lowest BCUT2D eigenvalue weighted by Gasteiger charge is -2.27. The minimum Gasteiger partial charge on any atom is -0.465 e. The molecule has 7 heteroatoms. The average Bonchev–Trinajstić information content (AvgIpc) is 3.36. The van der Waals surface area contributed by atoms with Crippen molar-refractivity contribution in [3.05, 3.63) is 41.6 Å². The Morgan fingerprint density at radius 3 is 2.67 bits per heavy atom. The van der Waals surface area contributed by atoms with E-state index < -0.39 is 0 Å². The Labute approximate surface area is 199 Å². The second-order valence-corrected chi connectivity index (χ2v) is 11.0. The van der Waals surface area contributed by atoms with Gasteiger partial charge in [0.15, 0.2) is 0 Å². The second kappa shape index (κ2) is 9.53. The van der Waals surface area contributed by atoms with Crippen LogP contribution in [0.5, 0.6) is 0 Å². The van der Waals surface area contributed by atoms with E-state index in [0.29, 0.717) is 17.0 Å². The monoisotopic (exact) mass is 467 g/mol. The summed E-state index contributed by atoms with van der Waals surface area (Å²) in [5.41, 5.74) is 1.96. The van der Waals surface area contributed by atoms with Gasteiger partial charge < -0.3 is 10.1 Å². The van der Waals surface area contributed by atoms with Gasteiger partial charge in [0.25, 0.3) is 5.91 Å². The molecule has 5 atom stereocenters. The molecule has 1 N–H and O–H groups in total. The van der Waals surface area contributed by atoms with E-state index in [1.807, 2.05) is 16.8 Å². The molecule has 1 amide bonds. The van der Waals surface area contributed by atoms with E-state index in [0.717, 1.165) is 47.1 Å². The van der Waals surface area contributed by atoms with Gasteiger partial charge in [-0.15, -0.1) is 11.8 Å². The standard InChI is InChI=1S/C26H33N3O3S/c1-3-10-33-25-22(15-27-29(25)20-7-5-18(6-8-20)26(31)32-2)24(30)28-23-9-4-16-11-17-13-19(12-16)21(23)14-17/h5-8,15-17,19,21,23H,3-4,9-14H2,1-2H3,(H,28,30)/t16-,17-,19?,21+,23?/m1/s1. The number of fused-ring (bicyclic) bond motifs is 2. The molecule has 6 nitrogen and oxygen atoms in total. The van der Waals surface area contributed by atoms with Gasteiger partial charge >= 0.3 is 5.97 Å². The fourth-order valence-electron chi connectivity index (χ4n) is 6.39. The Bertz CT molecular complexity index is 1020. The van der Waals surface area contributed by atoms with Gasteiger partial charge in [-0.25, -0.2) is 9.48 Å². The summed E-state index contributed by atoms with van der Waals surface area (Å²) in [6, 6.07) is 7.43. The maximum atomic E-state index is 13.5. The highest BCUT2D eigenvalue weighted by Crippen LogP contribution is 2.53. The minimum atomic E-state index is -0.367. The highest BCUT2D eigenvalue weighted by atomic mass is 32.2. The van der Waals surface area contributed by atoms with Crippen molar-refractivity contribution in [2.24, 2.45) is 23.7 Å². The number of nitrogens with one attached hydrogen (secondary N) is 1. The average molecular weight is 468 g/mol. The molecule has 0 aliphatic heterocycles. The molecule has 3 saturated carbocycles. The predicted molar refractivity (Wildman–Crippen MR) is 129 cm³/mol. The number of carbonyl (C=O) groups excluding carboxylic acids is 2. The number of carbonyl (C=O) groups is 2. The van der Waals surface area contributed by atoms with Crippen LogP contribution in [0.25, 0.3) is 5.69 Å². The molecule has 0 radical (unpaired) electrons. The Hall–Kier alpha value is -2.28. The third-order valence-electron chi connectivity index (χ3n) is 7.81. The quantitative estimate of drug-likeness (QED) is 0.453. The molecule has 1 aromatic heterocycles. The molecular formula is C26H33N3O3S. The van der Waals surface area contributed by atoms with Crippen LogP contribution in [0.3, 0.4) is 0 Å². The summed E-state index contributed by atoms with van der Waals surface area (Å²) >= 11 is 1.66. The van der Waals surface area contributed by atoms with Crippen molar-refractivity contribution < 1.29 is 14.3 Å². The fourth-order valence-corrected chi connectivity index (χ4v) is 7.36. The fraction of sp³-hybridized carbons (Fsp3) is 0.577. The third-order valence-corrected chi connectivity index (χ3v) is 9.09. The zero-order valence-corrected chi connectivity index (χ0v) is 20.3. The van der Waals surface area contributed by atoms with Crippen molar-refractivity contribution in [1.82, 2.24) is 15.1 Å². The lowest BCUT2D eigenvalue weighted by atomic mass is 9.80. The molecule has 176 valence electrons. The van der Waals surface area contributed by atoms with Crippen molar-refractivity contribution in [3.8, 4) is 5.69 Å². The van der Waals surface area contributed by atoms with Crippen LogP contribution in [0.15, 0.2) is 35.5 Å². The smallest absolute Gasteiger partial charge is 0.337 e. The minimum absolute atomic E-state index is 0.00254. The van der Waals surface area contributed by atoms with Crippen molar-refractivity contribution in [2.75, 3.05) is 12.9 Å². The number of nitrogens with zero attached hydrogens (tertiary/aromatic N) is 2. The van der Waals surface area contributed by atoms with Crippen molar-refractivity contribution in [2.45, 2.75) is 62.9 Å². The summed E-state index contributed by atoms with van der Waals surface area (Å²) in [4.78, 5) is 25.3. The number of benzene rings is 1. The first kappa shape index (κ1) is 22.5. The van der Waals surface area contributed by atoms with E-state index in [4.69, 9.17) is 4.74 Å². The van der Waals surface area contributed by atoms with Crippen molar-refractivity contribution >= 4 is 23.6 Å². The van der Waals surface area contributed by atoms with Crippen LogP contribution in [0.4, 0.5) is 0 Å². The molecule has 1 aromatic carbocycles. The van der Waals surface area contributed by atoms with E-state index >= 15 is 0 Å². The molecule has 0 saturated heterocycles. The van der Waals surface area contributed by atoms with E-state index in [9.17, 15) is 9.59 Å². The number of esters is 1. The molecular weight excluding hydrogens is 434 g/mol. The number of hydrogen-bond donors (Lipinski definition) is 1. The van der Waals surface area contributed by atoms with Gasteiger partial charge in [-0.1, -0.05) is 6.92 Å². The van der Waals surface area contributed by atoms with Crippen LogP contribution in [0.1, 0.15) is 72.6 Å². The van der Waals surface area contributed by atoms with E-state index in [1.165, 1.54) is 39.2 Å². The van der Waals surface area contributed by atoms with Crippen LogP contribution < -0.4 is 5.32 Å². The van der Waals surface area contributed by atoms with Crippen molar-refractivity contribution in [3.63, 3.8) is 0 Å². The summed E-state index contributed by atoms with van der Waals surface area (Å²) < 4.78 is 6.61. The number of thioether (sulfide) groups is 1. The van der Waals surface area contributed by atoms with Crippen LogP contribution in [0.2, 0.25) is 0 Å². The van der Waals surface area contributed by atoms with Gasteiger partial charge in [0, 0.05) is 6.04 Å². The molecule has 3 bridgehead atoms. The molecule has 3 fully saturated rings. The molecule has 0 spiro atoms. The number of aromatic nitrogens is 2. The molecule has 3 aliphatic carbocycles. The van der Waals surface area contributed by atoms with Crippen LogP contribution in [-0.2, 0) is 4.74 Å². The molecule has 5 rings (SSSR count). The molecule has 3 aliphatic rings. The zero-order chi connectivity index (χ0) is 22.9. The van der Waals surface area contributed by atoms with Gasteiger partial charge in [-0.2, -0.15) is 5.10 Å². The number of amides is 1. The lowest BCUT2D eigenvalue weighted by molar-refractivity contribution is 0.0600. The van der Waals surface area contributed by atoms with Gasteiger partial charge in [-0.3, -0.25) is 4.79 Å². The van der Waals surface area contributed by atoms with E-state index in [1.54, 1.807) is 30.1 Å². The molecule has 2 aromatic rings. The van der Waals surface area contributed by atoms with Gasteiger partial charge in [0.05, 0.1) is 30.1 Å². The SMILES string of the molecule is CCCSc1c(C(=O)NC2CC[C@H]3CC4C[C@@H](C3)C[C@@H]42)cnn1-c1ccc(C(=O)OC)cc1. The van der Waals surface area contributed by atoms with Crippen LogP contribution in [-0.4, -0.2) is 40.6 Å². The molecule has 33 heavy (non-hydrogen) atoms. The highest BCUT2D eigenvalue weighted by molar-refractivity contribution is 7.99. The van der Waals surface area contributed by atoms with Crippen LogP contribution in [0, 0.1) is 23.7 Å². The van der Waals surface area contributed by atoms with Crippen molar-refractivity contribution in [1.29, 1.82) is 0 Å². The summed E-state index contributed by atoms with van der Waals surface area (Å²) in [6.45, 7) is 2.13.